The average molecular weight is 275 g/mol. The number of carbonyl (C=O) groups is 1. The van der Waals surface area contributed by atoms with Gasteiger partial charge in [0.05, 0.1) is 12.2 Å². The van der Waals surface area contributed by atoms with Crippen molar-refractivity contribution in [3.05, 3.63) is 35.1 Å². The van der Waals surface area contributed by atoms with Crippen molar-refractivity contribution in [2.75, 3.05) is 6.61 Å². The fourth-order valence-electron chi connectivity index (χ4n) is 1.98. The van der Waals surface area contributed by atoms with Crippen LogP contribution in [0.5, 0.6) is 0 Å². The first-order valence-electron chi connectivity index (χ1n) is 6.82. The molecule has 0 aromatic heterocycles. The molecule has 0 saturated heterocycles. The van der Waals surface area contributed by atoms with Crippen LogP contribution in [0.25, 0.3) is 0 Å². The molecule has 1 atom stereocenters. The maximum Gasteiger partial charge on any atom is 0.251 e. The van der Waals surface area contributed by atoms with Gasteiger partial charge >= 0.3 is 0 Å². The number of aliphatic hydroxyl groups is 1. The lowest BCUT2D eigenvalue weighted by molar-refractivity contribution is 0.0935. The second kappa shape index (κ2) is 6.53. The van der Waals surface area contributed by atoms with E-state index in [0.717, 1.165) is 12.8 Å². The van der Waals surface area contributed by atoms with Gasteiger partial charge in [-0.15, -0.1) is 0 Å². The molecule has 0 heterocycles. The Kier molecular flexibility index (Phi) is 4.75. The van der Waals surface area contributed by atoms with Crippen molar-refractivity contribution in [3.8, 4) is 11.8 Å². The van der Waals surface area contributed by atoms with E-state index in [2.05, 4.69) is 17.2 Å². The van der Waals surface area contributed by atoms with Gasteiger partial charge in [0.25, 0.3) is 5.91 Å². The lowest BCUT2D eigenvalue weighted by atomic mass is 10.1. The zero-order chi connectivity index (χ0) is 14.5. The predicted octanol–water partition coefficient (Wildman–Crippen LogP) is 2.09. The second-order valence-corrected chi connectivity index (χ2v) is 5.07. The van der Waals surface area contributed by atoms with Crippen LogP contribution < -0.4 is 5.32 Å². The molecule has 0 aliphatic heterocycles. The lowest BCUT2D eigenvalue weighted by Gasteiger charge is -2.12. The molecular formula is C16H18FNO2. The van der Waals surface area contributed by atoms with Crippen LogP contribution in [0.4, 0.5) is 4.39 Å². The van der Waals surface area contributed by atoms with Gasteiger partial charge in [-0.25, -0.2) is 4.39 Å². The van der Waals surface area contributed by atoms with E-state index in [0.29, 0.717) is 17.9 Å². The highest BCUT2D eigenvalue weighted by Gasteiger charge is 2.29. The van der Waals surface area contributed by atoms with Gasteiger partial charge in [0.2, 0.25) is 0 Å². The molecule has 1 saturated carbocycles. The number of hydrogen-bond acceptors (Lipinski definition) is 2. The van der Waals surface area contributed by atoms with E-state index in [9.17, 15) is 9.18 Å². The number of halogens is 1. The molecule has 1 unspecified atom stereocenters. The van der Waals surface area contributed by atoms with Crippen LogP contribution in [-0.4, -0.2) is 23.7 Å². The van der Waals surface area contributed by atoms with Crippen molar-refractivity contribution >= 4 is 5.91 Å². The van der Waals surface area contributed by atoms with Crippen LogP contribution in [0.2, 0.25) is 0 Å². The molecular weight excluding hydrogens is 257 g/mol. The van der Waals surface area contributed by atoms with Crippen LogP contribution in [0, 0.1) is 23.6 Å². The first-order valence-corrected chi connectivity index (χ1v) is 6.82. The lowest BCUT2D eigenvalue weighted by Crippen LogP contribution is -2.34. The highest BCUT2D eigenvalue weighted by atomic mass is 19.1. The molecule has 0 bridgehead atoms. The summed E-state index contributed by atoms with van der Waals surface area (Å²) in [6.07, 6.45) is 2.60. The predicted molar refractivity (Wildman–Crippen MR) is 74.6 cm³/mol. The Morgan fingerprint density at radius 1 is 1.55 bits per heavy atom. The first kappa shape index (κ1) is 14.5. The SMILES string of the molecule is CC(NC(=O)c1ccc(C#CCCO)c(F)c1)C1CC1. The van der Waals surface area contributed by atoms with Crippen molar-refractivity contribution in [1.82, 2.24) is 5.32 Å². The van der Waals surface area contributed by atoms with Gasteiger partial charge in [-0.05, 0) is 43.9 Å². The van der Waals surface area contributed by atoms with Crippen molar-refractivity contribution in [3.63, 3.8) is 0 Å². The van der Waals surface area contributed by atoms with Crippen LogP contribution in [0.1, 0.15) is 42.1 Å². The van der Waals surface area contributed by atoms with Gasteiger partial charge in [0.1, 0.15) is 5.82 Å². The monoisotopic (exact) mass is 275 g/mol. The largest absolute Gasteiger partial charge is 0.395 e. The summed E-state index contributed by atoms with van der Waals surface area (Å²) in [5, 5.41) is 11.5. The van der Waals surface area contributed by atoms with Crippen LogP contribution in [0.15, 0.2) is 18.2 Å². The third-order valence-corrected chi connectivity index (χ3v) is 3.38. The fraction of sp³-hybridized carbons (Fsp3) is 0.438. The van der Waals surface area contributed by atoms with Crippen LogP contribution >= 0.6 is 0 Å². The van der Waals surface area contributed by atoms with E-state index in [1.165, 1.54) is 12.1 Å². The van der Waals surface area contributed by atoms with Crippen LogP contribution in [0.3, 0.4) is 0 Å². The highest BCUT2D eigenvalue weighted by Crippen LogP contribution is 2.32. The van der Waals surface area contributed by atoms with Gasteiger partial charge in [0.15, 0.2) is 0 Å². The van der Waals surface area contributed by atoms with Gasteiger partial charge in [-0.1, -0.05) is 11.8 Å². The minimum absolute atomic E-state index is 0.0475. The molecule has 2 rings (SSSR count). The fourth-order valence-corrected chi connectivity index (χ4v) is 1.98. The Hall–Kier alpha value is -1.86. The molecule has 1 fully saturated rings. The normalized spacial score (nSPS) is 15.2. The van der Waals surface area contributed by atoms with Crippen LogP contribution in [-0.2, 0) is 0 Å². The Balaban J connectivity index is 2.04. The average Bonchev–Trinajstić information content (AvgIpc) is 3.25. The Morgan fingerprint density at radius 3 is 2.90 bits per heavy atom. The van der Waals surface area contributed by atoms with Gasteiger partial charge in [-0.3, -0.25) is 4.79 Å². The molecule has 1 aromatic rings. The quantitative estimate of drug-likeness (QED) is 0.827. The number of carbonyl (C=O) groups excluding carboxylic acids is 1. The number of hydrogen-bond donors (Lipinski definition) is 2. The van der Waals surface area contributed by atoms with Gasteiger partial charge in [-0.2, -0.15) is 0 Å². The molecule has 3 nitrogen and oxygen atoms in total. The number of nitrogens with one attached hydrogen (secondary N) is 1. The molecule has 0 radical (unpaired) electrons. The smallest absolute Gasteiger partial charge is 0.251 e. The zero-order valence-corrected chi connectivity index (χ0v) is 11.4. The summed E-state index contributed by atoms with van der Waals surface area (Å²) < 4.78 is 13.8. The standard InChI is InChI=1S/C16H18FNO2/c1-11(12-5-6-12)18-16(20)14-8-7-13(15(17)10-14)4-2-3-9-19/h7-8,10-12,19H,3,5-6,9H2,1H3,(H,18,20). The van der Waals surface area contributed by atoms with E-state index < -0.39 is 5.82 Å². The minimum atomic E-state index is -0.512. The van der Waals surface area contributed by atoms with E-state index in [1.54, 1.807) is 6.07 Å². The van der Waals surface area contributed by atoms with E-state index >= 15 is 0 Å². The molecule has 0 spiro atoms. The summed E-state index contributed by atoms with van der Waals surface area (Å²) in [5.41, 5.74) is 0.549. The molecule has 1 aromatic carbocycles. The summed E-state index contributed by atoms with van der Waals surface area (Å²) in [7, 11) is 0. The van der Waals surface area contributed by atoms with Crippen molar-refractivity contribution in [1.29, 1.82) is 0 Å². The second-order valence-electron chi connectivity index (χ2n) is 5.07. The van der Waals surface area contributed by atoms with Gasteiger partial charge < -0.3 is 10.4 Å². The number of benzene rings is 1. The van der Waals surface area contributed by atoms with Crippen molar-refractivity contribution in [2.45, 2.75) is 32.2 Å². The Bertz CT molecular complexity index is 555. The Morgan fingerprint density at radius 2 is 2.30 bits per heavy atom. The molecule has 1 amide bonds. The summed E-state index contributed by atoms with van der Waals surface area (Å²) in [6.45, 7) is 1.93. The van der Waals surface area contributed by atoms with E-state index in [1.807, 2.05) is 6.92 Å². The van der Waals surface area contributed by atoms with E-state index in [-0.39, 0.29) is 24.1 Å². The molecule has 20 heavy (non-hydrogen) atoms. The first-order chi connectivity index (χ1) is 9.61. The number of amides is 1. The van der Waals surface area contributed by atoms with Crippen molar-refractivity contribution < 1.29 is 14.3 Å². The highest BCUT2D eigenvalue weighted by molar-refractivity contribution is 5.94. The Labute approximate surface area is 118 Å². The zero-order valence-electron chi connectivity index (χ0n) is 11.4. The maximum atomic E-state index is 13.8. The number of aliphatic hydroxyl groups excluding tert-OH is 1. The third-order valence-electron chi connectivity index (χ3n) is 3.38. The molecule has 1 aliphatic carbocycles. The summed E-state index contributed by atoms with van der Waals surface area (Å²) in [4.78, 5) is 12.0. The van der Waals surface area contributed by atoms with Gasteiger partial charge in [0, 0.05) is 18.0 Å². The third kappa shape index (κ3) is 3.82. The maximum absolute atomic E-state index is 13.8. The summed E-state index contributed by atoms with van der Waals surface area (Å²) >= 11 is 0. The molecule has 106 valence electrons. The summed E-state index contributed by atoms with van der Waals surface area (Å²) in [6, 6.07) is 4.41. The topological polar surface area (TPSA) is 49.3 Å². The minimum Gasteiger partial charge on any atom is -0.395 e. The van der Waals surface area contributed by atoms with E-state index in [4.69, 9.17) is 5.11 Å². The molecule has 2 N–H and O–H groups in total. The summed E-state index contributed by atoms with van der Waals surface area (Å²) in [5.74, 6) is 5.09. The molecule has 4 heteroatoms. The van der Waals surface area contributed by atoms with Crippen molar-refractivity contribution in [2.24, 2.45) is 5.92 Å². The number of rotatable bonds is 4. The molecule has 1 aliphatic rings.